The molecule has 0 aliphatic rings. The first-order valence-corrected chi connectivity index (χ1v) is 11.3. The first-order chi connectivity index (χ1) is 16.9. The highest BCUT2D eigenvalue weighted by Crippen LogP contribution is 2.22. The lowest BCUT2D eigenvalue weighted by molar-refractivity contribution is -0.173. The molecule has 0 radical (unpaired) electrons. The Morgan fingerprint density at radius 2 is 1.60 bits per heavy atom. The molecule has 186 valence electrons. The smallest absolute Gasteiger partial charge is 0.471 e. The Hall–Kier alpha value is -3.66. The molecule has 0 aliphatic carbocycles. The van der Waals surface area contributed by atoms with Crippen LogP contribution in [0.5, 0.6) is 5.75 Å². The summed E-state index contributed by atoms with van der Waals surface area (Å²) in [5.41, 5.74) is 3.69. The second-order valence-electron chi connectivity index (χ2n) is 7.77. The van der Waals surface area contributed by atoms with Crippen molar-refractivity contribution in [2.75, 3.05) is 18.5 Å². The van der Waals surface area contributed by atoms with Crippen LogP contribution in [-0.2, 0) is 24.4 Å². The van der Waals surface area contributed by atoms with Crippen LogP contribution in [0.15, 0.2) is 67.0 Å². The molecule has 7 nitrogen and oxygen atoms in total. The first kappa shape index (κ1) is 26.0. The van der Waals surface area contributed by atoms with Gasteiger partial charge in [0.1, 0.15) is 5.75 Å². The van der Waals surface area contributed by atoms with Crippen molar-refractivity contribution < 1.29 is 22.7 Å². The monoisotopic (exact) mass is 487 g/mol. The molecule has 2 heterocycles. The summed E-state index contributed by atoms with van der Waals surface area (Å²) in [6.07, 6.45) is -0.505. The van der Waals surface area contributed by atoms with E-state index in [0.29, 0.717) is 44.8 Å². The Morgan fingerprint density at radius 3 is 2.26 bits per heavy atom. The number of aromatic nitrogens is 2. The highest BCUT2D eigenvalue weighted by molar-refractivity contribution is 5.81. The van der Waals surface area contributed by atoms with E-state index in [1.54, 1.807) is 12.4 Å². The number of benzene rings is 1. The molecule has 0 bridgehead atoms. The molecule has 0 saturated carbocycles. The van der Waals surface area contributed by atoms with E-state index in [4.69, 9.17) is 4.74 Å². The van der Waals surface area contributed by atoms with E-state index in [1.165, 1.54) is 0 Å². The summed E-state index contributed by atoms with van der Waals surface area (Å²) in [6.45, 7) is 2.01. The summed E-state index contributed by atoms with van der Waals surface area (Å²) in [7, 11) is 0. The minimum atomic E-state index is -4.86. The number of pyridine rings is 2. The number of carbonyl (C=O) groups excluding carboxylic acids is 1. The number of hydrogen-bond donors (Lipinski definition) is 3. The van der Waals surface area contributed by atoms with Gasteiger partial charge in [-0.3, -0.25) is 14.8 Å². The first-order valence-electron chi connectivity index (χ1n) is 11.3. The van der Waals surface area contributed by atoms with Gasteiger partial charge in [-0.05, 0) is 54.8 Å². The highest BCUT2D eigenvalue weighted by Gasteiger charge is 2.38. The van der Waals surface area contributed by atoms with Crippen molar-refractivity contribution in [3.05, 3.63) is 83.9 Å². The number of carbonyl (C=O) groups is 1. The lowest BCUT2D eigenvalue weighted by atomic mass is 10.1. The zero-order valence-corrected chi connectivity index (χ0v) is 19.1. The number of ether oxygens (including phenoxy) is 1. The number of unbranched alkanes of at least 4 members (excludes halogenated alkanes) is 1. The van der Waals surface area contributed by atoms with Crippen molar-refractivity contribution in [2.24, 2.45) is 0 Å². The Kier molecular flexibility index (Phi) is 9.85. The van der Waals surface area contributed by atoms with Crippen LogP contribution in [0.1, 0.15) is 29.8 Å². The molecular weight excluding hydrogens is 459 g/mol. The maximum Gasteiger partial charge on any atom is 0.471 e. The highest BCUT2D eigenvalue weighted by atomic mass is 19.4. The van der Waals surface area contributed by atoms with Crippen LogP contribution >= 0.6 is 0 Å². The lowest BCUT2D eigenvalue weighted by Gasteiger charge is -2.14. The summed E-state index contributed by atoms with van der Waals surface area (Å²) in [4.78, 5) is 19.5. The van der Waals surface area contributed by atoms with E-state index in [9.17, 15) is 18.0 Å². The fourth-order valence-electron chi connectivity index (χ4n) is 3.20. The number of anilines is 1. The van der Waals surface area contributed by atoms with Crippen molar-refractivity contribution >= 4 is 11.6 Å². The molecule has 1 amide bonds. The summed E-state index contributed by atoms with van der Waals surface area (Å²) < 4.78 is 42.5. The quantitative estimate of drug-likeness (QED) is 0.313. The summed E-state index contributed by atoms with van der Waals surface area (Å²) in [6, 6.07) is 17.3. The predicted molar refractivity (Wildman–Crippen MR) is 127 cm³/mol. The molecule has 0 aliphatic heterocycles. The predicted octanol–water partition coefficient (Wildman–Crippen LogP) is 4.22. The van der Waals surface area contributed by atoms with Crippen LogP contribution in [0, 0.1) is 0 Å². The van der Waals surface area contributed by atoms with Crippen molar-refractivity contribution in [2.45, 2.75) is 38.7 Å². The van der Waals surface area contributed by atoms with Crippen LogP contribution in [-0.4, -0.2) is 35.2 Å². The van der Waals surface area contributed by atoms with Gasteiger partial charge in [-0.15, -0.1) is 0 Å². The zero-order chi connectivity index (χ0) is 24.9. The average molecular weight is 488 g/mol. The number of nitrogens with one attached hydrogen (secondary N) is 3. The van der Waals surface area contributed by atoms with Crippen molar-refractivity contribution in [1.82, 2.24) is 20.6 Å². The van der Waals surface area contributed by atoms with E-state index in [0.717, 1.165) is 22.6 Å². The number of hydrogen-bond acceptors (Lipinski definition) is 6. The third-order valence-electron chi connectivity index (χ3n) is 4.91. The van der Waals surface area contributed by atoms with Gasteiger partial charge in [0.25, 0.3) is 0 Å². The number of amides is 1. The van der Waals surface area contributed by atoms with Crippen molar-refractivity contribution in [1.29, 1.82) is 0 Å². The lowest BCUT2D eigenvalue weighted by Crippen LogP contribution is -2.37. The molecule has 0 atom stereocenters. The standard InChI is InChI=1S/C25H28F3N5O2/c26-25(27,28)24(34)32-11-5-6-12-35-23-14-19(16-29-17-20-7-1-3-9-30-20)13-22(15-23)33-18-21-8-2-4-10-31-21/h1-4,7-10,13-15,29,33H,5-6,11-12,16-18H2,(H,32,34). The SMILES string of the molecule is O=C(NCCCCOc1cc(CNCc2ccccn2)cc(NCc2ccccn2)c1)C(F)(F)F. The van der Waals surface area contributed by atoms with Gasteiger partial charge >= 0.3 is 12.1 Å². The number of halogens is 3. The van der Waals surface area contributed by atoms with Gasteiger partial charge in [-0.1, -0.05) is 12.1 Å². The Bertz CT molecular complexity index is 1050. The van der Waals surface area contributed by atoms with E-state index in [2.05, 4.69) is 20.6 Å². The van der Waals surface area contributed by atoms with Gasteiger partial charge in [0.05, 0.1) is 24.5 Å². The van der Waals surface area contributed by atoms with E-state index in [-0.39, 0.29) is 6.54 Å². The van der Waals surface area contributed by atoms with E-state index < -0.39 is 12.1 Å². The second-order valence-corrected chi connectivity index (χ2v) is 7.77. The van der Waals surface area contributed by atoms with Gasteiger partial charge in [0.2, 0.25) is 0 Å². The summed E-state index contributed by atoms with van der Waals surface area (Å²) in [5.74, 6) is -1.28. The number of nitrogens with zero attached hydrogens (tertiary/aromatic N) is 2. The van der Waals surface area contributed by atoms with Gasteiger partial charge in [0.15, 0.2) is 0 Å². The molecule has 1 aromatic carbocycles. The Labute approximate surface area is 202 Å². The molecule has 3 aromatic rings. The number of alkyl halides is 3. The Morgan fingerprint density at radius 1 is 0.886 bits per heavy atom. The molecular formula is C25H28F3N5O2. The fraction of sp³-hybridized carbons (Fsp3) is 0.320. The fourth-order valence-corrected chi connectivity index (χ4v) is 3.20. The van der Waals surface area contributed by atoms with Gasteiger partial charge in [-0.2, -0.15) is 13.2 Å². The molecule has 3 rings (SSSR count). The van der Waals surface area contributed by atoms with Gasteiger partial charge in [0, 0.05) is 43.8 Å². The molecule has 0 spiro atoms. The van der Waals surface area contributed by atoms with Crippen LogP contribution in [0.3, 0.4) is 0 Å². The van der Waals surface area contributed by atoms with Crippen LogP contribution < -0.4 is 20.7 Å². The topological polar surface area (TPSA) is 88.2 Å². The minimum absolute atomic E-state index is 0.0595. The van der Waals surface area contributed by atoms with Crippen LogP contribution in [0.2, 0.25) is 0 Å². The van der Waals surface area contributed by atoms with Gasteiger partial charge in [-0.25, -0.2) is 0 Å². The molecule has 10 heteroatoms. The number of rotatable bonds is 13. The molecule has 3 N–H and O–H groups in total. The van der Waals surface area contributed by atoms with Crippen molar-refractivity contribution in [3.63, 3.8) is 0 Å². The molecule has 2 aromatic heterocycles. The molecule has 0 unspecified atom stereocenters. The Balaban J connectivity index is 1.53. The third kappa shape index (κ3) is 9.62. The summed E-state index contributed by atoms with van der Waals surface area (Å²) in [5, 5.41) is 8.57. The maximum atomic E-state index is 12.2. The maximum absolute atomic E-state index is 12.2. The van der Waals surface area contributed by atoms with E-state index >= 15 is 0 Å². The zero-order valence-electron chi connectivity index (χ0n) is 19.1. The van der Waals surface area contributed by atoms with Crippen molar-refractivity contribution in [3.8, 4) is 5.75 Å². The van der Waals surface area contributed by atoms with Crippen LogP contribution in [0.4, 0.5) is 18.9 Å². The summed E-state index contributed by atoms with van der Waals surface area (Å²) >= 11 is 0. The van der Waals surface area contributed by atoms with Crippen LogP contribution in [0.25, 0.3) is 0 Å². The largest absolute Gasteiger partial charge is 0.494 e. The molecule has 0 fully saturated rings. The molecule has 35 heavy (non-hydrogen) atoms. The normalized spacial score (nSPS) is 11.2. The third-order valence-corrected chi connectivity index (χ3v) is 4.91. The second kappa shape index (κ2) is 13.3. The minimum Gasteiger partial charge on any atom is -0.494 e. The van der Waals surface area contributed by atoms with Gasteiger partial charge < -0.3 is 20.7 Å². The average Bonchev–Trinajstić information content (AvgIpc) is 2.85. The van der Waals surface area contributed by atoms with E-state index in [1.807, 2.05) is 59.9 Å². The molecule has 0 saturated heterocycles.